The Bertz CT molecular complexity index is 372. The highest BCUT2D eigenvalue weighted by Gasteiger charge is 2.21. The molecule has 1 aromatic heterocycles. The normalized spacial score (nSPS) is 25.7. The predicted molar refractivity (Wildman–Crippen MR) is 74.2 cm³/mol. The molecule has 1 heterocycles. The quantitative estimate of drug-likeness (QED) is 0.745. The summed E-state index contributed by atoms with van der Waals surface area (Å²) in [4.78, 5) is 4.38. The van der Waals surface area contributed by atoms with E-state index in [1.807, 2.05) is 17.8 Å². The summed E-state index contributed by atoms with van der Waals surface area (Å²) in [6.07, 6.45) is 7.07. The van der Waals surface area contributed by atoms with Crippen LogP contribution in [0.1, 0.15) is 32.6 Å². The van der Waals surface area contributed by atoms with Crippen molar-refractivity contribution in [2.75, 3.05) is 0 Å². The van der Waals surface area contributed by atoms with Crippen molar-refractivity contribution in [1.29, 1.82) is 0 Å². The molecule has 4 heteroatoms. The molecule has 1 aromatic rings. The molecule has 1 saturated carbocycles. The van der Waals surface area contributed by atoms with E-state index in [0.29, 0.717) is 10.3 Å². The molecule has 2 unspecified atom stereocenters. The van der Waals surface area contributed by atoms with Crippen molar-refractivity contribution in [3.8, 4) is 0 Å². The number of nitrogens with zero attached hydrogens (tertiary/aromatic N) is 1. The van der Waals surface area contributed by atoms with Crippen molar-refractivity contribution in [1.82, 2.24) is 4.98 Å². The first kappa shape index (κ1) is 12.7. The second-order valence-corrected chi connectivity index (χ2v) is 7.03. The Labute approximate surface area is 114 Å². The zero-order chi connectivity index (χ0) is 11.5. The summed E-state index contributed by atoms with van der Waals surface area (Å²) in [6.45, 7) is 2.34. The molecule has 0 aliphatic heterocycles. The molecule has 88 valence electrons. The van der Waals surface area contributed by atoms with Gasteiger partial charge in [-0.2, -0.15) is 0 Å². The summed E-state index contributed by atoms with van der Waals surface area (Å²) in [5.74, 6) is 0.859. The maximum absolute atomic E-state index is 5.88. The summed E-state index contributed by atoms with van der Waals surface area (Å²) in [6, 6.07) is 1.92. The van der Waals surface area contributed by atoms with Gasteiger partial charge in [0.05, 0.1) is 9.50 Å². The number of halogens is 2. The number of pyridine rings is 1. The first-order valence-corrected chi connectivity index (χ1v) is 7.68. The molecule has 1 aliphatic rings. The lowest BCUT2D eigenvalue weighted by Crippen LogP contribution is -2.15. The number of rotatable bonds is 2. The van der Waals surface area contributed by atoms with Crippen molar-refractivity contribution in [2.45, 2.75) is 42.9 Å². The molecule has 0 N–H and O–H groups in total. The van der Waals surface area contributed by atoms with Gasteiger partial charge in [0.25, 0.3) is 0 Å². The van der Waals surface area contributed by atoms with Crippen LogP contribution in [0.2, 0.25) is 5.02 Å². The number of hydrogen-bond acceptors (Lipinski definition) is 2. The molecule has 16 heavy (non-hydrogen) atoms. The van der Waals surface area contributed by atoms with Crippen LogP contribution in [0.4, 0.5) is 0 Å². The van der Waals surface area contributed by atoms with E-state index in [1.165, 1.54) is 25.7 Å². The molecule has 1 fully saturated rings. The Morgan fingerprint density at radius 3 is 3.00 bits per heavy atom. The minimum Gasteiger partial charge on any atom is -0.247 e. The maximum atomic E-state index is 5.88. The molecule has 1 nitrogen and oxygen atoms in total. The van der Waals surface area contributed by atoms with Crippen LogP contribution < -0.4 is 0 Å². The van der Waals surface area contributed by atoms with Crippen LogP contribution in [-0.2, 0) is 0 Å². The van der Waals surface area contributed by atoms with Crippen molar-refractivity contribution in [3.63, 3.8) is 0 Å². The Morgan fingerprint density at radius 2 is 2.31 bits per heavy atom. The van der Waals surface area contributed by atoms with E-state index in [0.717, 1.165) is 15.4 Å². The van der Waals surface area contributed by atoms with Crippen molar-refractivity contribution in [3.05, 3.63) is 21.8 Å². The minimum atomic E-state index is 0.688. The third-order valence-electron chi connectivity index (χ3n) is 2.94. The van der Waals surface area contributed by atoms with Crippen LogP contribution >= 0.6 is 39.3 Å². The smallest absolute Gasteiger partial charge is 0.111 e. The lowest BCUT2D eigenvalue weighted by atomic mass is 9.91. The van der Waals surface area contributed by atoms with Gasteiger partial charge in [0, 0.05) is 11.4 Å². The van der Waals surface area contributed by atoms with Crippen LogP contribution in [0.25, 0.3) is 0 Å². The third-order valence-corrected chi connectivity index (χ3v) is 5.32. The Morgan fingerprint density at radius 1 is 1.50 bits per heavy atom. The minimum absolute atomic E-state index is 0.688. The summed E-state index contributed by atoms with van der Waals surface area (Å²) in [7, 11) is 0. The number of hydrogen-bond donors (Lipinski definition) is 0. The summed E-state index contributed by atoms with van der Waals surface area (Å²) >= 11 is 11.3. The van der Waals surface area contributed by atoms with Crippen LogP contribution in [0.3, 0.4) is 0 Å². The zero-order valence-electron chi connectivity index (χ0n) is 9.25. The zero-order valence-corrected chi connectivity index (χ0v) is 12.4. The van der Waals surface area contributed by atoms with Gasteiger partial charge in [0.2, 0.25) is 0 Å². The first-order valence-electron chi connectivity index (χ1n) is 5.63. The largest absolute Gasteiger partial charge is 0.247 e. The monoisotopic (exact) mass is 319 g/mol. The molecule has 2 rings (SSSR count). The van der Waals surface area contributed by atoms with Gasteiger partial charge in [-0.1, -0.05) is 31.4 Å². The van der Waals surface area contributed by atoms with E-state index < -0.39 is 0 Å². The second-order valence-electron chi connectivity index (χ2n) is 4.45. The molecule has 0 saturated heterocycles. The summed E-state index contributed by atoms with van der Waals surface area (Å²) < 4.78 is 1.02. The molecule has 0 spiro atoms. The van der Waals surface area contributed by atoms with Gasteiger partial charge in [0.1, 0.15) is 5.03 Å². The van der Waals surface area contributed by atoms with Crippen molar-refractivity contribution >= 4 is 39.3 Å². The van der Waals surface area contributed by atoms with E-state index >= 15 is 0 Å². The van der Waals surface area contributed by atoms with Gasteiger partial charge in [0.15, 0.2) is 0 Å². The van der Waals surface area contributed by atoms with Gasteiger partial charge < -0.3 is 0 Å². The summed E-state index contributed by atoms with van der Waals surface area (Å²) in [5, 5.41) is 2.48. The van der Waals surface area contributed by atoms with Gasteiger partial charge in [-0.25, -0.2) is 4.98 Å². The maximum Gasteiger partial charge on any atom is 0.111 e. The van der Waals surface area contributed by atoms with E-state index in [1.54, 1.807) is 6.20 Å². The highest BCUT2D eigenvalue weighted by atomic mass is 79.9. The van der Waals surface area contributed by atoms with E-state index in [-0.39, 0.29) is 0 Å². The predicted octanol–water partition coefficient (Wildman–Crippen LogP) is 5.17. The number of aromatic nitrogens is 1. The fourth-order valence-electron chi connectivity index (χ4n) is 2.13. The standard InChI is InChI=1S/C12H15BrClNS/c1-8-3-2-4-10(5-8)16-12-11(13)6-9(14)7-15-12/h6-8,10H,2-5H2,1H3. The molecule has 0 bridgehead atoms. The van der Waals surface area contributed by atoms with Crippen LogP contribution in [-0.4, -0.2) is 10.2 Å². The molecule has 0 aromatic carbocycles. The van der Waals surface area contributed by atoms with Gasteiger partial charge in [-0.15, -0.1) is 11.8 Å². The molecular formula is C12H15BrClNS. The Hall–Kier alpha value is 0.270. The molecule has 1 aliphatic carbocycles. The van der Waals surface area contributed by atoms with Gasteiger partial charge in [-0.3, -0.25) is 0 Å². The van der Waals surface area contributed by atoms with Crippen molar-refractivity contribution < 1.29 is 0 Å². The SMILES string of the molecule is CC1CCCC(Sc2ncc(Cl)cc2Br)C1. The second kappa shape index (κ2) is 5.74. The first-order chi connectivity index (χ1) is 7.65. The molecule has 0 radical (unpaired) electrons. The topological polar surface area (TPSA) is 12.9 Å². The van der Waals surface area contributed by atoms with Crippen LogP contribution in [0, 0.1) is 5.92 Å². The average molecular weight is 321 g/mol. The highest BCUT2D eigenvalue weighted by Crippen LogP contribution is 2.38. The van der Waals surface area contributed by atoms with Gasteiger partial charge in [-0.05, 0) is 40.8 Å². The molecular weight excluding hydrogens is 306 g/mol. The fraction of sp³-hybridized carbons (Fsp3) is 0.583. The van der Waals surface area contributed by atoms with Crippen LogP contribution in [0.15, 0.2) is 21.8 Å². The van der Waals surface area contributed by atoms with Crippen molar-refractivity contribution in [2.24, 2.45) is 5.92 Å². The van der Waals surface area contributed by atoms with Gasteiger partial charge >= 0.3 is 0 Å². The van der Waals surface area contributed by atoms with E-state index in [4.69, 9.17) is 11.6 Å². The Balaban J connectivity index is 2.02. The van der Waals surface area contributed by atoms with E-state index in [2.05, 4.69) is 27.8 Å². The van der Waals surface area contributed by atoms with Crippen LogP contribution in [0.5, 0.6) is 0 Å². The lowest BCUT2D eigenvalue weighted by molar-refractivity contribution is 0.394. The third kappa shape index (κ3) is 3.38. The highest BCUT2D eigenvalue weighted by molar-refractivity contribution is 9.10. The Kier molecular flexibility index (Phi) is 4.57. The van der Waals surface area contributed by atoms with E-state index in [9.17, 15) is 0 Å². The fourth-order valence-corrected chi connectivity index (χ4v) is 4.36. The molecule has 0 amide bonds. The molecule has 2 atom stereocenters. The lowest BCUT2D eigenvalue weighted by Gasteiger charge is -2.26. The average Bonchev–Trinajstić information content (AvgIpc) is 2.22. The summed E-state index contributed by atoms with van der Waals surface area (Å²) in [5.41, 5.74) is 0. The number of thioether (sulfide) groups is 1.